The van der Waals surface area contributed by atoms with Crippen molar-refractivity contribution in [2.75, 3.05) is 32.7 Å². The zero-order valence-corrected chi connectivity index (χ0v) is 20.2. The van der Waals surface area contributed by atoms with E-state index >= 15 is 0 Å². The minimum Gasteiger partial charge on any atom is -0.314 e. The first-order chi connectivity index (χ1) is 16.2. The number of imidazole rings is 1. The van der Waals surface area contributed by atoms with Crippen molar-refractivity contribution < 1.29 is 0 Å². The van der Waals surface area contributed by atoms with Gasteiger partial charge in [0.25, 0.3) is 0 Å². The van der Waals surface area contributed by atoms with Gasteiger partial charge in [0, 0.05) is 57.1 Å². The van der Waals surface area contributed by atoms with E-state index in [-0.39, 0.29) is 0 Å². The molecule has 8 heteroatoms. The molecule has 0 aliphatic carbocycles. The summed E-state index contributed by atoms with van der Waals surface area (Å²) in [5.41, 5.74) is 11.0. The molecule has 1 saturated heterocycles. The summed E-state index contributed by atoms with van der Waals surface area (Å²) in [7, 11) is 0. The molecule has 3 aromatic rings. The summed E-state index contributed by atoms with van der Waals surface area (Å²) in [4.78, 5) is 16.7. The van der Waals surface area contributed by atoms with Gasteiger partial charge in [-0.1, -0.05) is 45.5 Å². The quantitative estimate of drug-likeness (QED) is 0.292. The maximum absolute atomic E-state index is 4.86. The zero-order valence-electron chi connectivity index (χ0n) is 20.2. The molecule has 0 unspecified atom stereocenters. The van der Waals surface area contributed by atoms with Gasteiger partial charge in [0.1, 0.15) is 11.5 Å². The number of aryl methyl sites for hydroxylation is 1. The summed E-state index contributed by atoms with van der Waals surface area (Å²) in [5.74, 6) is 1.16. The highest BCUT2D eigenvalue weighted by atomic mass is 15.4. The lowest BCUT2D eigenvalue weighted by molar-refractivity contribution is 0.233. The number of hydrogen-bond acceptors (Lipinski definition) is 6. The van der Waals surface area contributed by atoms with E-state index in [4.69, 9.17) is 4.98 Å². The van der Waals surface area contributed by atoms with E-state index in [1.54, 1.807) is 6.08 Å². The Kier molecular flexibility index (Phi) is 9.12. The monoisotopic (exact) mass is 448 g/mol. The fourth-order valence-electron chi connectivity index (χ4n) is 3.69. The van der Waals surface area contributed by atoms with Gasteiger partial charge in [0.05, 0.1) is 11.4 Å². The van der Waals surface area contributed by atoms with Gasteiger partial charge in [0.15, 0.2) is 0 Å². The standard InChI is InChI=1S/C23H30N8.C2H6/c1-4-21(29-25-5-2)28-23-27-20(14-22-26-17(3)15-31(22)23)19-8-6-7-18(13-19)16-30-11-9-24-10-12-30;1-2/h4,6-8,13-15,24-25H,1,5,9-12,16H2,2-3H3,(H,27,28,29);1-2H3. The molecule has 3 heterocycles. The van der Waals surface area contributed by atoms with E-state index in [2.05, 4.69) is 61.9 Å². The molecule has 0 saturated carbocycles. The van der Waals surface area contributed by atoms with Gasteiger partial charge in [-0.15, -0.1) is 0 Å². The first-order valence-corrected chi connectivity index (χ1v) is 11.8. The van der Waals surface area contributed by atoms with E-state index in [0.717, 1.165) is 61.9 Å². The van der Waals surface area contributed by atoms with Gasteiger partial charge < -0.3 is 10.7 Å². The number of nitrogens with zero attached hydrogens (tertiary/aromatic N) is 5. The van der Waals surface area contributed by atoms with Crippen LogP contribution in [0.5, 0.6) is 0 Å². The summed E-state index contributed by atoms with van der Waals surface area (Å²) < 4.78 is 1.90. The van der Waals surface area contributed by atoms with Gasteiger partial charge in [-0.25, -0.2) is 15.4 Å². The van der Waals surface area contributed by atoms with Gasteiger partial charge in [-0.3, -0.25) is 9.30 Å². The molecule has 0 atom stereocenters. The Bertz CT molecular complexity index is 1080. The molecular formula is C25H36N8. The lowest BCUT2D eigenvalue weighted by Crippen LogP contribution is -2.42. The number of piperazine rings is 1. The molecule has 1 aliphatic heterocycles. The third kappa shape index (κ3) is 6.47. The average Bonchev–Trinajstić information content (AvgIpc) is 3.24. The number of aliphatic imine (C=N–C) groups is 1. The number of fused-ring (bicyclic) bond motifs is 1. The van der Waals surface area contributed by atoms with Crippen molar-refractivity contribution in [3.05, 3.63) is 60.4 Å². The van der Waals surface area contributed by atoms with Crippen molar-refractivity contribution in [2.24, 2.45) is 4.99 Å². The van der Waals surface area contributed by atoms with Crippen LogP contribution in [0.25, 0.3) is 16.9 Å². The van der Waals surface area contributed by atoms with E-state index in [1.807, 2.05) is 44.4 Å². The molecule has 1 fully saturated rings. The van der Waals surface area contributed by atoms with Crippen molar-refractivity contribution in [3.8, 4) is 11.3 Å². The Hall–Kier alpha value is -3.07. The molecule has 8 nitrogen and oxygen atoms in total. The minimum atomic E-state index is 0.556. The second-order valence-corrected chi connectivity index (χ2v) is 7.63. The fraction of sp³-hybridized carbons (Fsp3) is 0.400. The van der Waals surface area contributed by atoms with Crippen LogP contribution in [0.2, 0.25) is 0 Å². The number of rotatable bonds is 7. The van der Waals surface area contributed by atoms with Crippen molar-refractivity contribution in [1.29, 1.82) is 0 Å². The third-order valence-corrected chi connectivity index (χ3v) is 5.20. The van der Waals surface area contributed by atoms with Gasteiger partial charge in [-0.2, -0.15) is 4.99 Å². The first-order valence-electron chi connectivity index (χ1n) is 11.8. The number of hydrogen-bond donors (Lipinski definition) is 3. The van der Waals surface area contributed by atoms with E-state index in [9.17, 15) is 0 Å². The Labute approximate surface area is 196 Å². The summed E-state index contributed by atoms with van der Waals surface area (Å²) >= 11 is 0. The Morgan fingerprint density at radius 2 is 2.00 bits per heavy atom. The van der Waals surface area contributed by atoms with Crippen LogP contribution >= 0.6 is 0 Å². The summed E-state index contributed by atoms with van der Waals surface area (Å²) in [6, 6.07) is 10.6. The molecule has 0 radical (unpaired) electrons. The molecule has 176 valence electrons. The van der Waals surface area contributed by atoms with Crippen molar-refractivity contribution in [3.63, 3.8) is 0 Å². The Morgan fingerprint density at radius 1 is 1.21 bits per heavy atom. The van der Waals surface area contributed by atoms with Gasteiger partial charge in [0.2, 0.25) is 5.95 Å². The second kappa shape index (κ2) is 12.2. The van der Waals surface area contributed by atoms with Crippen LogP contribution in [0.1, 0.15) is 32.0 Å². The van der Waals surface area contributed by atoms with Crippen LogP contribution < -0.4 is 16.2 Å². The normalized spacial score (nSPS) is 14.6. The number of nitrogens with one attached hydrogen (secondary N) is 3. The molecule has 0 amide bonds. The van der Waals surface area contributed by atoms with Crippen molar-refractivity contribution in [2.45, 2.75) is 34.2 Å². The van der Waals surface area contributed by atoms with Crippen LogP contribution in [0, 0.1) is 6.92 Å². The topological polar surface area (TPSA) is 81.9 Å². The summed E-state index contributed by atoms with van der Waals surface area (Å²) in [6.07, 6.45) is 3.61. The minimum absolute atomic E-state index is 0.556. The second-order valence-electron chi connectivity index (χ2n) is 7.63. The zero-order chi connectivity index (χ0) is 23.6. The number of hydrazine groups is 1. The Morgan fingerprint density at radius 3 is 2.73 bits per heavy atom. The molecule has 0 bridgehead atoms. The maximum Gasteiger partial charge on any atom is 0.237 e. The maximum atomic E-state index is 4.86. The van der Waals surface area contributed by atoms with E-state index < -0.39 is 0 Å². The number of benzene rings is 1. The summed E-state index contributed by atoms with van der Waals surface area (Å²) in [5, 5.41) is 3.41. The third-order valence-electron chi connectivity index (χ3n) is 5.20. The highest BCUT2D eigenvalue weighted by Gasteiger charge is 2.13. The number of aromatic nitrogens is 3. The molecule has 4 rings (SSSR count). The van der Waals surface area contributed by atoms with Crippen LogP contribution in [-0.4, -0.2) is 57.8 Å². The fourth-order valence-corrected chi connectivity index (χ4v) is 3.69. The lowest BCUT2D eigenvalue weighted by Gasteiger charge is -2.27. The molecule has 3 N–H and O–H groups in total. The van der Waals surface area contributed by atoms with Gasteiger partial charge in [-0.05, 0) is 24.6 Å². The molecule has 0 spiro atoms. The predicted octanol–water partition coefficient (Wildman–Crippen LogP) is 3.47. The highest BCUT2D eigenvalue weighted by Crippen LogP contribution is 2.25. The molecular weight excluding hydrogens is 412 g/mol. The smallest absolute Gasteiger partial charge is 0.237 e. The van der Waals surface area contributed by atoms with E-state index in [1.165, 1.54) is 5.56 Å². The van der Waals surface area contributed by atoms with Crippen LogP contribution in [0.4, 0.5) is 5.95 Å². The molecule has 2 aromatic heterocycles. The lowest BCUT2D eigenvalue weighted by atomic mass is 10.1. The SMILES string of the molecule is C=C/C(=N\c1nc(-c2cccc(CN3CCNCC3)c2)cc2nc(C)cn12)NNCC.CC. The first kappa shape index (κ1) is 24.6. The number of amidine groups is 1. The predicted molar refractivity (Wildman–Crippen MR) is 137 cm³/mol. The van der Waals surface area contributed by atoms with Crippen LogP contribution in [0.15, 0.2) is 54.2 Å². The molecule has 1 aromatic carbocycles. The van der Waals surface area contributed by atoms with E-state index in [0.29, 0.717) is 11.8 Å². The van der Waals surface area contributed by atoms with Crippen molar-refractivity contribution in [1.82, 2.24) is 35.4 Å². The molecule has 1 aliphatic rings. The van der Waals surface area contributed by atoms with Crippen LogP contribution in [0.3, 0.4) is 0 Å². The summed E-state index contributed by atoms with van der Waals surface area (Å²) in [6.45, 7) is 17.8. The van der Waals surface area contributed by atoms with Crippen molar-refractivity contribution >= 4 is 17.4 Å². The highest BCUT2D eigenvalue weighted by molar-refractivity contribution is 5.93. The molecule has 33 heavy (non-hydrogen) atoms. The Balaban J connectivity index is 0.00000149. The largest absolute Gasteiger partial charge is 0.314 e. The average molecular weight is 449 g/mol. The van der Waals surface area contributed by atoms with Gasteiger partial charge >= 0.3 is 0 Å². The van der Waals surface area contributed by atoms with Crippen LogP contribution in [-0.2, 0) is 6.54 Å².